The maximum absolute atomic E-state index is 14.8. The molecule has 9 heteroatoms. The third-order valence-electron chi connectivity index (χ3n) is 6.45. The average molecular weight is 486 g/mol. The van der Waals surface area contributed by atoms with Crippen molar-refractivity contribution in [1.82, 2.24) is 15.2 Å². The number of allylic oxidation sites excluding steroid dienone is 1. The van der Waals surface area contributed by atoms with Crippen LogP contribution in [0.3, 0.4) is 0 Å². The number of hydrogen-bond acceptors (Lipinski definition) is 4. The molecule has 0 bridgehead atoms. The Labute approximate surface area is 201 Å². The molecule has 2 aliphatic rings. The molecule has 1 aromatic carbocycles. The lowest BCUT2D eigenvalue weighted by Crippen LogP contribution is -2.66. The second kappa shape index (κ2) is 8.62. The standard InChI is InChI=1S/C26H26F3N3O3/c1-24(2,3)18-11-9-17(10-12-18)22(34)31-25(26(27,28)29)21-19(7-4-8-20(21)33)32(23(25)35)15-16-6-5-13-30-14-16/h5-6,9-14H,4,7-8,15H2,1-3H3,(H,31,34)/t25-/m0/s1. The number of aromatic nitrogens is 1. The monoisotopic (exact) mass is 485 g/mol. The zero-order valence-electron chi connectivity index (χ0n) is 19.7. The molecule has 6 nitrogen and oxygen atoms in total. The molecule has 1 aliphatic carbocycles. The third-order valence-corrected chi connectivity index (χ3v) is 6.45. The van der Waals surface area contributed by atoms with Crippen molar-refractivity contribution >= 4 is 17.6 Å². The quantitative estimate of drug-likeness (QED) is 0.694. The Hall–Kier alpha value is -3.49. The molecule has 1 atom stereocenters. The van der Waals surface area contributed by atoms with E-state index in [2.05, 4.69) is 4.98 Å². The van der Waals surface area contributed by atoms with Crippen molar-refractivity contribution in [2.75, 3.05) is 0 Å². The van der Waals surface area contributed by atoms with E-state index in [1.807, 2.05) is 26.1 Å². The topological polar surface area (TPSA) is 79.4 Å². The summed E-state index contributed by atoms with van der Waals surface area (Å²) >= 11 is 0. The zero-order valence-corrected chi connectivity index (χ0v) is 19.7. The van der Waals surface area contributed by atoms with E-state index in [0.717, 1.165) is 10.5 Å². The van der Waals surface area contributed by atoms with Crippen molar-refractivity contribution < 1.29 is 27.6 Å². The fourth-order valence-electron chi connectivity index (χ4n) is 4.61. The SMILES string of the molecule is CC(C)(C)c1ccc(C(=O)N[C@]2(C(F)(F)F)C(=O)N(Cc3cccnc3)C3=C2C(=O)CCC3)cc1. The first kappa shape index (κ1) is 24.6. The molecular weight excluding hydrogens is 459 g/mol. The summed E-state index contributed by atoms with van der Waals surface area (Å²) < 4.78 is 44.3. The smallest absolute Gasteiger partial charge is 0.326 e. The van der Waals surface area contributed by atoms with Crippen molar-refractivity contribution in [1.29, 1.82) is 0 Å². The molecule has 0 saturated carbocycles. The van der Waals surface area contributed by atoms with Crippen LogP contribution in [0.2, 0.25) is 0 Å². The van der Waals surface area contributed by atoms with Crippen molar-refractivity contribution in [3.8, 4) is 0 Å². The van der Waals surface area contributed by atoms with Crippen molar-refractivity contribution in [3.05, 3.63) is 76.8 Å². The summed E-state index contributed by atoms with van der Waals surface area (Å²) in [6, 6.07) is 9.41. The van der Waals surface area contributed by atoms with Crippen molar-refractivity contribution in [3.63, 3.8) is 0 Å². The molecule has 1 N–H and O–H groups in total. The van der Waals surface area contributed by atoms with Gasteiger partial charge in [-0.1, -0.05) is 39.0 Å². The highest BCUT2D eigenvalue weighted by molar-refractivity contribution is 6.14. The Morgan fingerprint density at radius 1 is 1.09 bits per heavy atom. The van der Waals surface area contributed by atoms with Crippen LogP contribution < -0.4 is 5.32 Å². The van der Waals surface area contributed by atoms with Gasteiger partial charge in [0.05, 0.1) is 12.1 Å². The molecule has 35 heavy (non-hydrogen) atoms. The highest BCUT2D eigenvalue weighted by Gasteiger charge is 2.70. The molecule has 0 radical (unpaired) electrons. The first-order valence-corrected chi connectivity index (χ1v) is 11.3. The number of ketones is 1. The average Bonchev–Trinajstić information content (AvgIpc) is 3.03. The molecule has 2 aromatic rings. The lowest BCUT2D eigenvalue weighted by molar-refractivity contribution is -0.190. The number of hydrogen-bond donors (Lipinski definition) is 1. The number of rotatable bonds is 4. The van der Waals surface area contributed by atoms with Crippen LogP contribution in [0.25, 0.3) is 0 Å². The Balaban J connectivity index is 1.77. The van der Waals surface area contributed by atoms with Gasteiger partial charge in [-0.05, 0) is 47.6 Å². The molecular formula is C26H26F3N3O3. The number of carbonyl (C=O) groups is 3. The number of pyridine rings is 1. The van der Waals surface area contributed by atoms with E-state index in [1.165, 1.54) is 24.5 Å². The van der Waals surface area contributed by atoms with Crippen LogP contribution in [0.15, 0.2) is 60.1 Å². The highest BCUT2D eigenvalue weighted by Crippen LogP contribution is 2.48. The van der Waals surface area contributed by atoms with Gasteiger partial charge >= 0.3 is 6.18 Å². The molecule has 1 aliphatic heterocycles. The molecule has 2 heterocycles. The second-order valence-electron chi connectivity index (χ2n) is 9.88. The van der Waals surface area contributed by atoms with Gasteiger partial charge in [0, 0.05) is 30.1 Å². The minimum Gasteiger partial charge on any atom is -0.326 e. The van der Waals surface area contributed by atoms with E-state index in [4.69, 9.17) is 0 Å². The van der Waals surface area contributed by atoms with Crippen LogP contribution >= 0.6 is 0 Å². The van der Waals surface area contributed by atoms with E-state index >= 15 is 0 Å². The molecule has 0 unspecified atom stereocenters. The molecule has 0 spiro atoms. The van der Waals surface area contributed by atoms with Crippen LogP contribution in [-0.2, 0) is 21.5 Å². The van der Waals surface area contributed by atoms with Crippen LogP contribution in [0, 0.1) is 0 Å². The van der Waals surface area contributed by atoms with Crippen LogP contribution in [0.4, 0.5) is 13.2 Å². The maximum Gasteiger partial charge on any atom is 0.425 e. The normalized spacial score (nSPS) is 20.8. The predicted molar refractivity (Wildman–Crippen MR) is 122 cm³/mol. The van der Waals surface area contributed by atoms with E-state index < -0.39 is 34.9 Å². The number of benzene rings is 1. The summed E-state index contributed by atoms with van der Waals surface area (Å²) in [4.78, 5) is 44.4. The fraction of sp³-hybridized carbons (Fsp3) is 0.385. The van der Waals surface area contributed by atoms with Crippen molar-refractivity contribution in [2.24, 2.45) is 0 Å². The Morgan fingerprint density at radius 2 is 1.77 bits per heavy atom. The van der Waals surface area contributed by atoms with Crippen molar-refractivity contribution in [2.45, 2.75) is 63.7 Å². The minimum absolute atomic E-state index is 0.0100. The predicted octanol–water partition coefficient (Wildman–Crippen LogP) is 4.46. The Morgan fingerprint density at radius 3 is 2.34 bits per heavy atom. The molecule has 0 fully saturated rings. The number of Topliss-reactive ketones (excluding diaryl/α,β-unsaturated/α-hetero) is 1. The van der Waals surface area contributed by atoms with E-state index in [0.29, 0.717) is 12.0 Å². The zero-order chi connectivity index (χ0) is 25.6. The van der Waals surface area contributed by atoms with Gasteiger partial charge in [-0.2, -0.15) is 13.2 Å². The van der Waals surface area contributed by atoms with E-state index in [9.17, 15) is 27.6 Å². The number of nitrogens with zero attached hydrogens (tertiary/aromatic N) is 2. The lowest BCUT2D eigenvalue weighted by Gasteiger charge is -2.33. The minimum atomic E-state index is -5.23. The molecule has 4 rings (SSSR count). The second-order valence-corrected chi connectivity index (χ2v) is 9.88. The van der Waals surface area contributed by atoms with Gasteiger partial charge in [-0.3, -0.25) is 19.4 Å². The summed E-state index contributed by atoms with van der Waals surface area (Å²) in [6.45, 7) is 5.72. The van der Waals surface area contributed by atoms with E-state index in [-0.39, 0.29) is 36.1 Å². The summed E-state index contributed by atoms with van der Waals surface area (Å²) in [6.07, 6.45) is -1.95. The molecule has 2 amide bonds. The van der Waals surface area contributed by atoms with Gasteiger partial charge in [-0.25, -0.2) is 0 Å². The first-order valence-electron chi connectivity index (χ1n) is 11.3. The van der Waals surface area contributed by atoms with Crippen LogP contribution in [0.1, 0.15) is 61.5 Å². The lowest BCUT2D eigenvalue weighted by atomic mass is 9.81. The number of halogens is 3. The molecule has 1 aromatic heterocycles. The summed E-state index contributed by atoms with van der Waals surface area (Å²) in [5.74, 6) is -3.24. The molecule has 184 valence electrons. The summed E-state index contributed by atoms with van der Waals surface area (Å²) in [7, 11) is 0. The Kier molecular flexibility index (Phi) is 6.07. The highest BCUT2D eigenvalue weighted by atomic mass is 19.4. The maximum atomic E-state index is 14.8. The summed E-state index contributed by atoms with van der Waals surface area (Å²) in [5, 5.41) is 1.95. The van der Waals surface area contributed by atoms with Gasteiger partial charge in [0.25, 0.3) is 11.8 Å². The number of alkyl halides is 3. The largest absolute Gasteiger partial charge is 0.425 e. The Bertz CT molecular complexity index is 1200. The van der Waals surface area contributed by atoms with E-state index in [1.54, 1.807) is 24.3 Å². The summed E-state index contributed by atoms with van der Waals surface area (Å²) in [5.41, 5.74) is -2.96. The fourth-order valence-corrected chi connectivity index (χ4v) is 4.61. The number of amides is 2. The van der Waals surface area contributed by atoms with Gasteiger partial charge in [0.15, 0.2) is 5.78 Å². The van der Waals surface area contributed by atoms with Gasteiger partial charge in [0.2, 0.25) is 5.54 Å². The van der Waals surface area contributed by atoms with Gasteiger partial charge in [0.1, 0.15) is 0 Å². The third kappa shape index (κ3) is 4.24. The van der Waals surface area contributed by atoms with Gasteiger partial charge in [-0.15, -0.1) is 0 Å². The van der Waals surface area contributed by atoms with Gasteiger partial charge < -0.3 is 10.2 Å². The molecule has 0 saturated heterocycles. The number of nitrogens with one attached hydrogen (secondary N) is 1. The van der Waals surface area contributed by atoms with Crippen LogP contribution in [0.5, 0.6) is 0 Å². The number of carbonyl (C=O) groups excluding carboxylic acids is 3. The first-order chi connectivity index (χ1) is 16.4. The van der Waals surface area contributed by atoms with Crippen LogP contribution in [-0.4, -0.2) is 39.2 Å².